The van der Waals surface area contributed by atoms with Crippen molar-refractivity contribution in [3.05, 3.63) is 168 Å². The highest BCUT2D eigenvalue weighted by molar-refractivity contribution is 5.53. The molecule has 10 rings (SSSR count). The zero-order chi connectivity index (χ0) is 45.9. The molecule has 350 valence electrons. The number of benzene rings is 4. The number of likely N-dealkylation sites (tertiary alicyclic amines) is 2. The zero-order valence-electron chi connectivity index (χ0n) is 38.1. The SMILES string of the molecule is NC(c1ccc2c(c1)OCO2)c1ccccn1.O=CC1CCN(CCOc2ccccc2)CC1.c1ccc(OCCN2CCC(CNC(c3ccc4c(c3)OCO4)c3ccccn3)CC2)cc1. The highest BCUT2D eigenvalue weighted by Crippen LogP contribution is 2.36. The molecule has 2 aromatic heterocycles. The van der Waals surface area contributed by atoms with Gasteiger partial charge in [-0.25, -0.2) is 0 Å². The summed E-state index contributed by atoms with van der Waals surface area (Å²) in [5, 5.41) is 3.79. The van der Waals surface area contributed by atoms with Gasteiger partial charge < -0.3 is 44.3 Å². The molecule has 13 heteroatoms. The maximum absolute atomic E-state index is 10.6. The van der Waals surface area contributed by atoms with Crippen LogP contribution in [-0.4, -0.2) is 98.7 Å². The van der Waals surface area contributed by atoms with Crippen LogP contribution in [0.25, 0.3) is 0 Å². The van der Waals surface area contributed by atoms with Gasteiger partial charge in [-0.15, -0.1) is 0 Å². The summed E-state index contributed by atoms with van der Waals surface area (Å²) in [4.78, 5) is 24.4. The average molecular weight is 907 g/mol. The van der Waals surface area contributed by atoms with Gasteiger partial charge in [-0.1, -0.05) is 60.7 Å². The van der Waals surface area contributed by atoms with Gasteiger partial charge in [0.15, 0.2) is 23.0 Å². The van der Waals surface area contributed by atoms with E-state index in [1.807, 2.05) is 121 Å². The Morgan fingerprint density at radius 3 is 1.63 bits per heavy atom. The van der Waals surface area contributed by atoms with Gasteiger partial charge >= 0.3 is 0 Å². The second kappa shape index (κ2) is 24.9. The summed E-state index contributed by atoms with van der Waals surface area (Å²) in [6.07, 6.45) is 9.06. The van der Waals surface area contributed by atoms with Gasteiger partial charge in [0.1, 0.15) is 31.0 Å². The molecule has 0 amide bonds. The van der Waals surface area contributed by atoms with Crippen molar-refractivity contribution in [1.82, 2.24) is 25.1 Å². The van der Waals surface area contributed by atoms with Crippen molar-refractivity contribution in [3.8, 4) is 34.5 Å². The van der Waals surface area contributed by atoms with Crippen molar-refractivity contribution < 1.29 is 33.2 Å². The number of carbonyl (C=O) groups is 1. The predicted octanol–water partition coefficient (Wildman–Crippen LogP) is 8.12. The number of piperidine rings is 2. The first kappa shape index (κ1) is 47.0. The molecule has 4 aliphatic heterocycles. The lowest BCUT2D eigenvalue weighted by Gasteiger charge is -2.33. The van der Waals surface area contributed by atoms with Gasteiger partial charge in [-0.3, -0.25) is 19.8 Å². The van der Waals surface area contributed by atoms with Crippen molar-refractivity contribution in [1.29, 1.82) is 0 Å². The van der Waals surface area contributed by atoms with E-state index >= 15 is 0 Å². The molecule has 2 fully saturated rings. The molecule has 0 spiro atoms. The second-order valence-corrected chi connectivity index (χ2v) is 17.0. The number of nitrogens with two attached hydrogens (primary N) is 1. The summed E-state index contributed by atoms with van der Waals surface area (Å²) in [5.41, 5.74) is 10.1. The van der Waals surface area contributed by atoms with Crippen LogP contribution < -0.4 is 39.5 Å². The number of aromatic nitrogens is 2. The molecule has 3 N–H and O–H groups in total. The number of nitrogens with zero attached hydrogens (tertiary/aromatic N) is 4. The molecule has 67 heavy (non-hydrogen) atoms. The Balaban J connectivity index is 0.000000150. The minimum Gasteiger partial charge on any atom is -0.492 e. The number of hydrogen-bond donors (Lipinski definition) is 2. The van der Waals surface area contributed by atoms with Gasteiger partial charge in [-0.2, -0.15) is 0 Å². The normalized spacial score (nSPS) is 16.7. The fourth-order valence-electron chi connectivity index (χ4n) is 8.50. The third-order valence-electron chi connectivity index (χ3n) is 12.5. The molecule has 2 saturated heterocycles. The standard InChI is InChI=1S/C27H31N3O3.C14H19NO2.C13H12N2O2/c1-2-6-23(7-3-1)31-17-16-30-14-11-21(12-15-30)19-29-27(24-8-4-5-13-28-24)22-9-10-25-26(18-22)33-20-32-25;16-12-13-6-8-15(9-7-13)10-11-17-14-4-2-1-3-5-14;14-13(10-3-1-2-6-15-10)9-4-5-11-12(7-9)17-8-16-11/h1-10,13,18,21,27,29H,11-12,14-17,19-20H2;1-5,12-13H,6-11H2;1-7,13H,8,14H2. The topological polar surface area (TPSA) is 143 Å². The number of para-hydroxylation sites is 2. The Morgan fingerprint density at radius 2 is 1.09 bits per heavy atom. The molecule has 13 nitrogen and oxygen atoms in total. The van der Waals surface area contributed by atoms with E-state index in [4.69, 9.17) is 34.2 Å². The number of nitrogens with one attached hydrogen (secondary N) is 1. The maximum atomic E-state index is 10.6. The van der Waals surface area contributed by atoms with E-state index in [1.54, 1.807) is 6.20 Å². The lowest BCUT2D eigenvalue weighted by atomic mass is 9.95. The largest absolute Gasteiger partial charge is 0.492 e. The monoisotopic (exact) mass is 906 g/mol. The Morgan fingerprint density at radius 1 is 0.597 bits per heavy atom. The second-order valence-electron chi connectivity index (χ2n) is 17.0. The Kier molecular flexibility index (Phi) is 17.4. The maximum Gasteiger partial charge on any atom is 0.231 e. The van der Waals surface area contributed by atoms with Gasteiger partial charge in [0.25, 0.3) is 0 Å². The molecule has 2 unspecified atom stereocenters. The molecule has 0 radical (unpaired) electrons. The quantitative estimate of drug-likeness (QED) is 0.0904. The first-order chi connectivity index (χ1) is 33.1. The number of fused-ring (bicyclic) bond motifs is 2. The first-order valence-corrected chi connectivity index (χ1v) is 23.4. The molecule has 0 bridgehead atoms. The zero-order valence-corrected chi connectivity index (χ0v) is 38.1. The summed E-state index contributed by atoms with van der Waals surface area (Å²) in [7, 11) is 0. The van der Waals surface area contributed by atoms with Crippen LogP contribution in [-0.2, 0) is 4.79 Å². The minimum absolute atomic E-state index is 0.0259. The van der Waals surface area contributed by atoms with Crippen LogP contribution in [0.5, 0.6) is 34.5 Å². The molecule has 4 aromatic carbocycles. The van der Waals surface area contributed by atoms with Gasteiger partial charge in [0.05, 0.1) is 23.5 Å². The highest BCUT2D eigenvalue weighted by atomic mass is 16.7. The van der Waals surface area contributed by atoms with Crippen molar-refractivity contribution in [3.63, 3.8) is 0 Å². The first-order valence-electron chi connectivity index (χ1n) is 23.4. The molecular weight excluding hydrogens is 845 g/mol. The third kappa shape index (κ3) is 14.0. The van der Waals surface area contributed by atoms with Crippen LogP contribution in [0.2, 0.25) is 0 Å². The summed E-state index contributed by atoms with van der Waals surface area (Å²) >= 11 is 0. The number of pyridine rings is 2. The summed E-state index contributed by atoms with van der Waals surface area (Å²) in [5.74, 6) is 5.92. The van der Waals surface area contributed by atoms with Crippen LogP contribution in [0.1, 0.15) is 60.3 Å². The molecule has 4 aliphatic rings. The Labute approximate surface area is 394 Å². The molecule has 0 aliphatic carbocycles. The van der Waals surface area contributed by atoms with Crippen LogP contribution in [0.4, 0.5) is 0 Å². The molecule has 6 aromatic rings. The van der Waals surface area contributed by atoms with Crippen LogP contribution in [0.15, 0.2) is 146 Å². The van der Waals surface area contributed by atoms with E-state index < -0.39 is 0 Å². The van der Waals surface area contributed by atoms with E-state index in [2.05, 4.69) is 43.3 Å². The molecule has 2 atom stereocenters. The summed E-state index contributed by atoms with van der Waals surface area (Å²) in [6.45, 7) is 9.16. The van der Waals surface area contributed by atoms with Crippen molar-refractivity contribution in [2.75, 3.05) is 72.6 Å². The fraction of sp³-hybridized carbons (Fsp3) is 0.352. The molecular formula is C54H62N6O7. The number of carbonyl (C=O) groups excluding carboxylic acids is 1. The molecule has 6 heterocycles. The number of aldehydes is 1. The number of hydrogen-bond acceptors (Lipinski definition) is 13. The van der Waals surface area contributed by atoms with E-state index in [0.717, 1.165) is 135 Å². The van der Waals surface area contributed by atoms with E-state index in [-0.39, 0.29) is 31.6 Å². The number of ether oxygens (including phenoxy) is 6. The van der Waals surface area contributed by atoms with E-state index in [0.29, 0.717) is 5.92 Å². The summed E-state index contributed by atoms with van der Waals surface area (Å²) < 4.78 is 33.2. The van der Waals surface area contributed by atoms with Gasteiger partial charge in [-0.05, 0) is 148 Å². The van der Waals surface area contributed by atoms with Crippen molar-refractivity contribution >= 4 is 6.29 Å². The van der Waals surface area contributed by atoms with Crippen LogP contribution >= 0.6 is 0 Å². The van der Waals surface area contributed by atoms with E-state index in [9.17, 15) is 4.79 Å². The Hall–Kier alpha value is -6.51. The minimum atomic E-state index is -0.245. The van der Waals surface area contributed by atoms with Crippen molar-refractivity contribution in [2.45, 2.75) is 37.8 Å². The summed E-state index contributed by atoms with van der Waals surface area (Å²) in [6, 6.07) is 43.4. The average Bonchev–Trinajstić information content (AvgIpc) is 4.08. The van der Waals surface area contributed by atoms with Gasteiger partial charge in [0.2, 0.25) is 13.6 Å². The van der Waals surface area contributed by atoms with E-state index in [1.165, 1.54) is 12.8 Å². The smallest absolute Gasteiger partial charge is 0.231 e. The van der Waals surface area contributed by atoms with Gasteiger partial charge in [0, 0.05) is 31.4 Å². The fourth-order valence-corrected chi connectivity index (χ4v) is 8.50. The Bertz CT molecular complexity index is 2370. The predicted molar refractivity (Wildman–Crippen MR) is 258 cm³/mol. The third-order valence-corrected chi connectivity index (χ3v) is 12.5. The number of rotatable bonds is 16. The lowest BCUT2D eigenvalue weighted by Crippen LogP contribution is -2.40. The highest BCUT2D eigenvalue weighted by Gasteiger charge is 2.24. The molecule has 0 saturated carbocycles. The van der Waals surface area contributed by atoms with Crippen LogP contribution in [0, 0.1) is 11.8 Å². The van der Waals surface area contributed by atoms with Crippen molar-refractivity contribution in [2.24, 2.45) is 17.6 Å². The lowest BCUT2D eigenvalue weighted by molar-refractivity contribution is -0.112. The van der Waals surface area contributed by atoms with Crippen LogP contribution in [0.3, 0.4) is 0 Å².